The van der Waals surface area contributed by atoms with Crippen molar-refractivity contribution in [1.29, 1.82) is 0 Å². The van der Waals surface area contributed by atoms with E-state index in [2.05, 4.69) is 37.4 Å². The summed E-state index contributed by atoms with van der Waals surface area (Å²) in [6.45, 7) is 5.86. The normalized spacial score (nSPS) is 16.9. The lowest BCUT2D eigenvalue weighted by atomic mass is 10.0. The van der Waals surface area contributed by atoms with Gasteiger partial charge in [0, 0.05) is 25.2 Å². The van der Waals surface area contributed by atoms with Gasteiger partial charge in [0.15, 0.2) is 0 Å². The molecule has 0 radical (unpaired) electrons. The summed E-state index contributed by atoms with van der Waals surface area (Å²) in [7, 11) is 1.99. The number of amides is 1. The smallest absolute Gasteiger partial charge is 0.246 e. The lowest BCUT2D eigenvalue weighted by Crippen LogP contribution is -2.43. The van der Waals surface area contributed by atoms with E-state index in [0.29, 0.717) is 6.04 Å². The Morgan fingerprint density at radius 3 is 2.60 bits per heavy atom. The van der Waals surface area contributed by atoms with E-state index in [1.54, 1.807) is 6.08 Å². The minimum absolute atomic E-state index is 0.125. The standard InChI is InChI=1S/C17H24N2O/c1-13-4-5-15(14(2)12-13)6-7-17(20)19-10-8-16(18-3)9-11-19/h4-7,12,16,18H,8-11H2,1-3H3. The lowest BCUT2D eigenvalue weighted by molar-refractivity contribution is -0.127. The van der Waals surface area contributed by atoms with E-state index in [0.717, 1.165) is 31.5 Å². The molecule has 3 nitrogen and oxygen atoms in total. The molecular formula is C17H24N2O. The van der Waals surface area contributed by atoms with E-state index in [-0.39, 0.29) is 5.91 Å². The first-order chi connectivity index (χ1) is 9.60. The van der Waals surface area contributed by atoms with Gasteiger partial charge >= 0.3 is 0 Å². The van der Waals surface area contributed by atoms with Crippen LogP contribution in [0.15, 0.2) is 24.3 Å². The molecule has 108 valence electrons. The van der Waals surface area contributed by atoms with E-state index in [1.807, 2.05) is 18.0 Å². The van der Waals surface area contributed by atoms with Crippen molar-refractivity contribution < 1.29 is 4.79 Å². The quantitative estimate of drug-likeness (QED) is 0.858. The van der Waals surface area contributed by atoms with Gasteiger partial charge in [0.2, 0.25) is 5.91 Å². The van der Waals surface area contributed by atoms with Crippen LogP contribution in [-0.4, -0.2) is 37.0 Å². The Morgan fingerprint density at radius 1 is 1.30 bits per heavy atom. The predicted octanol–water partition coefficient (Wildman–Crippen LogP) is 2.53. The summed E-state index contributed by atoms with van der Waals surface area (Å²) in [5.74, 6) is 0.125. The van der Waals surface area contributed by atoms with E-state index in [1.165, 1.54) is 11.1 Å². The van der Waals surface area contributed by atoms with Crippen LogP contribution in [0.1, 0.15) is 29.5 Å². The van der Waals surface area contributed by atoms with Crippen molar-refractivity contribution in [2.24, 2.45) is 0 Å². The summed E-state index contributed by atoms with van der Waals surface area (Å²) in [6, 6.07) is 6.85. The number of aryl methyl sites for hydroxylation is 2. The van der Waals surface area contributed by atoms with Crippen molar-refractivity contribution in [3.05, 3.63) is 41.0 Å². The second kappa shape index (κ2) is 6.71. The van der Waals surface area contributed by atoms with Crippen LogP contribution < -0.4 is 5.32 Å². The summed E-state index contributed by atoms with van der Waals surface area (Å²) in [6.07, 6.45) is 5.72. The minimum atomic E-state index is 0.125. The number of nitrogens with zero attached hydrogens (tertiary/aromatic N) is 1. The average molecular weight is 272 g/mol. The summed E-state index contributed by atoms with van der Waals surface area (Å²) < 4.78 is 0. The third-order valence-electron chi connectivity index (χ3n) is 4.05. The van der Waals surface area contributed by atoms with Crippen LogP contribution in [0.5, 0.6) is 0 Å². The molecule has 0 bridgehead atoms. The number of hydrogen-bond donors (Lipinski definition) is 1. The summed E-state index contributed by atoms with van der Waals surface area (Å²) in [5.41, 5.74) is 3.58. The second-order valence-corrected chi connectivity index (χ2v) is 5.58. The molecule has 3 heteroatoms. The molecule has 0 spiro atoms. The van der Waals surface area contributed by atoms with Crippen molar-refractivity contribution in [2.75, 3.05) is 20.1 Å². The molecule has 1 aromatic carbocycles. The highest BCUT2D eigenvalue weighted by Gasteiger charge is 2.19. The molecule has 20 heavy (non-hydrogen) atoms. The number of carbonyl (C=O) groups excluding carboxylic acids is 1. The first-order valence-corrected chi connectivity index (χ1v) is 7.31. The second-order valence-electron chi connectivity index (χ2n) is 5.58. The number of likely N-dealkylation sites (tertiary alicyclic amines) is 1. The van der Waals surface area contributed by atoms with Gasteiger partial charge in [-0.25, -0.2) is 0 Å². The number of piperidine rings is 1. The Balaban J connectivity index is 1.96. The molecule has 1 fully saturated rings. The highest BCUT2D eigenvalue weighted by Crippen LogP contribution is 2.14. The number of carbonyl (C=O) groups is 1. The third kappa shape index (κ3) is 3.70. The fourth-order valence-corrected chi connectivity index (χ4v) is 2.67. The van der Waals surface area contributed by atoms with Crippen molar-refractivity contribution in [2.45, 2.75) is 32.7 Å². The summed E-state index contributed by atoms with van der Waals surface area (Å²) in [5, 5.41) is 3.28. The van der Waals surface area contributed by atoms with Gasteiger partial charge in [-0.1, -0.05) is 23.8 Å². The number of benzene rings is 1. The monoisotopic (exact) mass is 272 g/mol. The van der Waals surface area contributed by atoms with Gasteiger partial charge < -0.3 is 10.2 Å². The molecule has 1 aliphatic heterocycles. The maximum absolute atomic E-state index is 12.2. The number of rotatable bonds is 3. The van der Waals surface area contributed by atoms with E-state index < -0.39 is 0 Å². The molecule has 2 rings (SSSR count). The average Bonchev–Trinajstić information content (AvgIpc) is 2.46. The molecule has 1 amide bonds. The zero-order chi connectivity index (χ0) is 14.5. The van der Waals surface area contributed by atoms with Crippen LogP contribution in [0, 0.1) is 13.8 Å². The van der Waals surface area contributed by atoms with Gasteiger partial charge in [0.1, 0.15) is 0 Å². The van der Waals surface area contributed by atoms with E-state index >= 15 is 0 Å². The van der Waals surface area contributed by atoms with E-state index in [9.17, 15) is 4.79 Å². The summed E-state index contributed by atoms with van der Waals surface area (Å²) in [4.78, 5) is 14.1. The fraction of sp³-hybridized carbons (Fsp3) is 0.471. The summed E-state index contributed by atoms with van der Waals surface area (Å²) >= 11 is 0. The van der Waals surface area contributed by atoms with E-state index in [4.69, 9.17) is 0 Å². The Labute approximate surface area is 121 Å². The Morgan fingerprint density at radius 2 is 2.00 bits per heavy atom. The minimum Gasteiger partial charge on any atom is -0.339 e. The molecular weight excluding hydrogens is 248 g/mol. The molecule has 1 N–H and O–H groups in total. The van der Waals surface area contributed by atoms with Crippen LogP contribution in [-0.2, 0) is 4.79 Å². The van der Waals surface area contributed by atoms with Gasteiger partial charge in [-0.2, -0.15) is 0 Å². The maximum atomic E-state index is 12.2. The fourth-order valence-electron chi connectivity index (χ4n) is 2.67. The zero-order valence-corrected chi connectivity index (χ0v) is 12.6. The van der Waals surface area contributed by atoms with Crippen LogP contribution in [0.4, 0.5) is 0 Å². The van der Waals surface area contributed by atoms with Crippen molar-refractivity contribution in [3.63, 3.8) is 0 Å². The van der Waals surface area contributed by atoms with Gasteiger partial charge in [0.05, 0.1) is 0 Å². The van der Waals surface area contributed by atoms with Gasteiger partial charge in [-0.05, 0) is 50.9 Å². The predicted molar refractivity (Wildman–Crippen MR) is 83.6 cm³/mol. The van der Waals surface area contributed by atoms with Gasteiger partial charge in [-0.3, -0.25) is 4.79 Å². The molecule has 0 unspecified atom stereocenters. The molecule has 0 aromatic heterocycles. The van der Waals surface area contributed by atoms with Crippen molar-refractivity contribution in [3.8, 4) is 0 Å². The highest BCUT2D eigenvalue weighted by molar-refractivity contribution is 5.92. The molecule has 0 aliphatic carbocycles. The Bertz CT molecular complexity index is 500. The zero-order valence-electron chi connectivity index (χ0n) is 12.6. The van der Waals surface area contributed by atoms with Crippen LogP contribution >= 0.6 is 0 Å². The topological polar surface area (TPSA) is 32.3 Å². The maximum Gasteiger partial charge on any atom is 0.246 e. The largest absolute Gasteiger partial charge is 0.339 e. The van der Waals surface area contributed by atoms with Gasteiger partial charge in [0.25, 0.3) is 0 Å². The van der Waals surface area contributed by atoms with Crippen LogP contribution in [0.3, 0.4) is 0 Å². The van der Waals surface area contributed by atoms with Gasteiger partial charge in [-0.15, -0.1) is 0 Å². The highest BCUT2D eigenvalue weighted by atomic mass is 16.2. The first kappa shape index (κ1) is 14.8. The molecule has 1 saturated heterocycles. The van der Waals surface area contributed by atoms with Crippen molar-refractivity contribution >= 4 is 12.0 Å². The SMILES string of the molecule is CNC1CCN(C(=O)C=Cc2ccc(C)cc2C)CC1. The number of nitrogens with one attached hydrogen (secondary N) is 1. The Hall–Kier alpha value is -1.61. The molecule has 0 saturated carbocycles. The molecule has 1 heterocycles. The molecule has 1 aliphatic rings. The van der Waals surface area contributed by atoms with Crippen LogP contribution in [0.2, 0.25) is 0 Å². The van der Waals surface area contributed by atoms with Crippen LogP contribution in [0.25, 0.3) is 6.08 Å². The first-order valence-electron chi connectivity index (χ1n) is 7.31. The number of hydrogen-bond acceptors (Lipinski definition) is 2. The molecule has 0 atom stereocenters. The lowest BCUT2D eigenvalue weighted by Gasteiger charge is -2.31. The Kier molecular flexibility index (Phi) is 4.96. The molecule has 1 aromatic rings. The third-order valence-corrected chi connectivity index (χ3v) is 4.05. The van der Waals surface area contributed by atoms with Crippen molar-refractivity contribution in [1.82, 2.24) is 10.2 Å².